The van der Waals surface area contributed by atoms with E-state index in [-0.39, 0.29) is 23.5 Å². The molecule has 0 bridgehead atoms. The fourth-order valence-electron chi connectivity index (χ4n) is 4.55. The monoisotopic (exact) mass is 401 g/mol. The van der Waals surface area contributed by atoms with E-state index in [9.17, 15) is 9.59 Å². The molecule has 2 aliphatic heterocycles. The SMILES string of the molecule is Cc1c2n(ccc1=O)N1C(CCOc3ccccc3[C@H]1c1ccccc1)N(C)C2=O. The molecule has 5 rings (SSSR count). The summed E-state index contributed by atoms with van der Waals surface area (Å²) in [5.41, 5.74) is 2.87. The Bertz CT molecular complexity index is 1170. The van der Waals surface area contributed by atoms with E-state index in [0.717, 1.165) is 16.9 Å². The lowest BCUT2D eigenvalue weighted by molar-refractivity contribution is 0.0578. The highest BCUT2D eigenvalue weighted by Crippen LogP contribution is 2.39. The molecule has 6 heteroatoms. The first kappa shape index (κ1) is 18.5. The number of para-hydroxylation sites is 1. The maximum absolute atomic E-state index is 13.2. The fourth-order valence-corrected chi connectivity index (χ4v) is 4.55. The highest BCUT2D eigenvalue weighted by molar-refractivity contribution is 5.95. The standard InChI is InChI=1S/C24H23N3O3/c1-16-19(28)12-14-26-22(16)24(29)25(2)21-13-15-30-20-11-7-6-10-18(20)23(27(21)26)17-8-4-3-5-9-17/h3-12,14,21,23H,13,15H2,1-2H3/t21?,23-/m1/s1. The van der Waals surface area contributed by atoms with Gasteiger partial charge in [0.1, 0.15) is 23.7 Å². The largest absolute Gasteiger partial charge is 0.493 e. The number of rotatable bonds is 1. The van der Waals surface area contributed by atoms with Crippen LogP contribution < -0.4 is 15.2 Å². The molecule has 6 nitrogen and oxygen atoms in total. The van der Waals surface area contributed by atoms with Crippen LogP contribution in [0.25, 0.3) is 0 Å². The average Bonchev–Trinajstić information content (AvgIpc) is 2.75. The molecular formula is C24H23N3O3. The molecule has 3 aromatic rings. The Labute approximate surface area is 174 Å². The minimum atomic E-state index is -0.217. The van der Waals surface area contributed by atoms with Crippen LogP contribution in [0.4, 0.5) is 0 Å². The van der Waals surface area contributed by atoms with Crippen molar-refractivity contribution >= 4 is 5.91 Å². The molecule has 0 saturated heterocycles. The van der Waals surface area contributed by atoms with Crippen molar-refractivity contribution in [1.82, 2.24) is 9.58 Å². The first-order valence-electron chi connectivity index (χ1n) is 10.1. The molecule has 1 amide bonds. The number of amides is 1. The van der Waals surface area contributed by atoms with E-state index in [1.54, 1.807) is 25.1 Å². The zero-order chi connectivity index (χ0) is 20.8. The number of nitrogens with zero attached hydrogens (tertiary/aromatic N) is 3. The number of pyridine rings is 1. The molecule has 2 aromatic carbocycles. The molecule has 1 unspecified atom stereocenters. The summed E-state index contributed by atoms with van der Waals surface area (Å²) in [5.74, 6) is 0.691. The molecule has 0 saturated carbocycles. The number of benzene rings is 2. The topological polar surface area (TPSA) is 54.8 Å². The Morgan fingerprint density at radius 3 is 2.50 bits per heavy atom. The van der Waals surface area contributed by atoms with Crippen LogP contribution >= 0.6 is 0 Å². The molecule has 0 radical (unpaired) electrons. The van der Waals surface area contributed by atoms with Crippen LogP contribution in [0.15, 0.2) is 71.7 Å². The fraction of sp³-hybridized carbons (Fsp3) is 0.250. The van der Waals surface area contributed by atoms with Crippen molar-refractivity contribution in [3.05, 3.63) is 99.5 Å². The van der Waals surface area contributed by atoms with E-state index in [1.807, 2.05) is 41.1 Å². The summed E-state index contributed by atoms with van der Waals surface area (Å²) in [5, 5.41) is 2.21. The number of carbonyl (C=O) groups is 1. The smallest absolute Gasteiger partial charge is 0.274 e. The first-order chi connectivity index (χ1) is 14.6. The Balaban J connectivity index is 1.83. The molecule has 152 valence electrons. The predicted molar refractivity (Wildman–Crippen MR) is 114 cm³/mol. The van der Waals surface area contributed by atoms with E-state index in [2.05, 4.69) is 23.2 Å². The van der Waals surface area contributed by atoms with Gasteiger partial charge in [0.25, 0.3) is 5.91 Å². The van der Waals surface area contributed by atoms with Crippen molar-refractivity contribution in [2.24, 2.45) is 0 Å². The normalized spacial score (nSPS) is 20.4. The van der Waals surface area contributed by atoms with E-state index >= 15 is 0 Å². The molecule has 3 heterocycles. The molecule has 2 atom stereocenters. The minimum Gasteiger partial charge on any atom is -0.493 e. The van der Waals surface area contributed by atoms with Gasteiger partial charge in [0, 0.05) is 36.9 Å². The Hall–Kier alpha value is -3.54. The van der Waals surface area contributed by atoms with Crippen LogP contribution in [0.3, 0.4) is 0 Å². The molecule has 0 N–H and O–H groups in total. The molecular weight excluding hydrogens is 378 g/mol. The summed E-state index contributed by atoms with van der Waals surface area (Å²) in [4.78, 5) is 27.3. The van der Waals surface area contributed by atoms with Crippen LogP contribution in [0, 0.1) is 6.92 Å². The van der Waals surface area contributed by atoms with Gasteiger partial charge in [-0.1, -0.05) is 48.5 Å². The van der Waals surface area contributed by atoms with Gasteiger partial charge in [0.2, 0.25) is 0 Å². The Morgan fingerprint density at radius 1 is 0.967 bits per heavy atom. The summed E-state index contributed by atoms with van der Waals surface area (Å²) in [6.07, 6.45) is 2.15. The van der Waals surface area contributed by atoms with E-state index < -0.39 is 0 Å². The molecule has 0 fully saturated rings. The third-order valence-corrected chi connectivity index (χ3v) is 6.07. The van der Waals surface area contributed by atoms with Crippen LogP contribution in [0.1, 0.15) is 39.6 Å². The minimum absolute atomic E-state index is 0.131. The van der Waals surface area contributed by atoms with Gasteiger partial charge in [-0.25, -0.2) is 0 Å². The van der Waals surface area contributed by atoms with Crippen LogP contribution in [-0.4, -0.2) is 35.3 Å². The number of carbonyl (C=O) groups excluding carboxylic acids is 1. The van der Waals surface area contributed by atoms with Crippen molar-refractivity contribution in [3.8, 4) is 5.75 Å². The molecule has 1 aromatic heterocycles. The first-order valence-corrected chi connectivity index (χ1v) is 10.1. The highest BCUT2D eigenvalue weighted by atomic mass is 16.5. The summed E-state index contributed by atoms with van der Waals surface area (Å²) < 4.78 is 8.00. The van der Waals surface area contributed by atoms with Crippen molar-refractivity contribution in [2.75, 3.05) is 18.7 Å². The Kier molecular flexibility index (Phi) is 4.35. The second-order valence-corrected chi connectivity index (χ2v) is 7.76. The lowest BCUT2D eigenvalue weighted by atomic mass is 9.95. The van der Waals surface area contributed by atoms with Gasteiger partial charge in [0.15, 0.2) is 5.43 Å². The number of fused-ring (bicyclic) bond motifs is 4. The van der Waals surface area contributed by atoms with Gasteiger partial charge >= 0.3 is 0 Å². The zero-order valence-corrected chi connectivity index (χ0v) is 17.0. The predicted octanol–water partition coefficient (Wildman–Crippen LogP) is 3.08. The lowest BCUT2D eigenvalue weighted by Gasteiger charge is -2.50. The van der Waals surface area contributed by atoms with E-state index in [1.165, 1.54) is 6.07 Å². The number of aromatic nitrogens is 1. The van der Waals surface area contributed by atoms with Gasteiger partial charge < -0.3 is 9.64 Å². The molecule has 0 spiro atoms. The van der Waals surface area contributed by atoms with Crippen LogP contribution in [0.2, 0.25) is 0 Å². The quantitative estimate of drug-likeness (QED) is 0.629. The highest BCUT2D eigenvalue weighted by Gasteiger charge is 2.42. The van der Waals surface area contributed by atoms with Crippen molar-refractivity contribution in [3.63, 3.8) is 0 Å². The van der Waals surface area contributed by atoms with Crippen molar-refractivity contribution < 1.29 is 9.53 Å². The van der Waals surface area contributed by atoms with Crippen LogP contribution in [-0.2, 0) is 0 Å². The lowest BCUT2D eigenvalue weighted by Crippen LogP contribution is -2.62. The maximum atomic E-state index is 13.2. The van der Waals surface area contributed by atoms with Gasteiger partial charge in [-0.15, -0.1) is 0 Å². The van der Waals surface area contributed by atoms with Gasteiger partial charge in [-0.3, -0.25) is 19.3 Å². The molecule has 2 aliphatic rings. The molecule has 0 aliphatic carbocycles. The maximum Gasteiger partial charge on any atom is 0.274 e. The van der Waals surface area contributed by atoms with Crippen molar-refractivity contribution in [2.45, 2.75) is 25.6 Å². The second-order valence-electron chi connectivity index (χ2n) is 7.76. The summed E-state index contributed by atoms with van der Waals surface area (Å²) in [6.45, 7) is 2.21. The van der Waals surface area contributed by atoms with Crippen molar-refractivity contribution in [1.29, 1.82) is 0 Å². The second kappa shape index (κ2) is 7.06. The van der Waals surface area contributed by atoms with Gasteiger partial charge in [0.05, 0.1) is 6.61 Å². The number of hydrogen-bond donors (Lipinski definition) is 0. The third-order valence-electron chi connectivity index (χ3n) is 6.07. The van der Waals surface area contributed by atoms with E-state index in [0.29, 0.717) is 24.3 Å². The summed E-state index contributed by atoms with van der Waals surface area (Å²) in [6, 6.07) is 19.6. The zero-order valence-electron chi connectivity index (χ0n) is 17.0. The van der Waals surface area contributed by atoms with Gasteiger partial charge in [-0.05, 0) is 18.6 Å². The summed E-state index contributed by atoms with van der Waals surface area (Å²) in [7, 11) is 1.80. The summed E-state index contributed by atoms with van der Waals surface area (Å²) >= 11 is 0. The van der Waals surface area contributed by atoms with Crippen LogP contribution in [0.5, 0.6) is 5.75 Å². The average molecular weight is 401 g/mol. The number of ether oxygens (including phenoxy) is 1. The Morgan fingerprint density at radius 2 is 1.70 bits per heavy atom. The van der Waals surface area contributed by atoms with E-state index in [4.69, 9.17) is 4.74 Å². The van der Waals surface area contributed by atoms with Gasteiger partial charge in [-0.2, -0.15) is 0 Å². The molecule has 30 heavy (non-hydrogen) atoms. The third kappa shape index (κ3) is 2.71. The number of hydrogen-bond acceptors (Lipinski definition) is 4.